The Bertz CT molecular complexity index is 55.0. The smallest absolute Gasteiger partial charge is 0.329 e. The topological polar surface area (TPSA) is 110 Å². The Morgan fingerprint density at radius 2 is 1.33 bits per heavy atom. The first kappa shape index (κ1) is 16.0. The molecular weight excluding hydrogens is 143 g/mol. The number of hydrogen-bond acceptors (Lipinski definition) is 3. The second-order valence-electron chi connectivity index (χ2n) is 0.830. The molecule has 0 aromatic carbocycles. The van der Waals surface area contributed by atoms with E-state index in [1.54, 1.807) is 0 Å². The van der Waals surface area contributed by atoms with Crippen LogP contribution in [0.3, 0.4) is 0 Å². The largest absolute Gasteiger partial charge is 0.692 e. The lowest BCUT2D eigenvalue weighted by Gasteiger charge is -1.72. The van der Waals surface area contributed by atoms with Crippen molar-refractivity contribution in [3.63, 3.8) is 0 Å². The van der Waals surface area contributed by atoms with Crippen molar-refractivity contribution in [2.75, 3.05) is 13.1 Å². The average Bonchev–Trinajstić information content (AvgIpc) is 1.65. The third kappa shape index (κ3) is 317. The molecule has 0 aliphatic heterocycles. The molecule has 0 unspecified atom stereocenters. The Labute approximate surface area is 55.6 Å². The van der Waals surface area contributed by atoms with Gasteiger partial charge in [-0.25, -0.2) is 0 Å². The van der Waals surface area contributed by atoms with Crippen LogP contribution in [0, 0.1) is 0 Å². The fourth-order valence-corrected chi connectivity index (χ4v) is 0. The molecule has 0 rings (SSSR count). The minimum Gasteiger partial charge on any atom is -0.329 e. The normalized spacial score (nSPS) is 6.22. The summed E-state index contributed by atoms with van der Waals surface area (Å²) in [6.07, 6.45) is 0. The standard InChI is InChI=1S/C2H8N2.CH4.HO3P/c3-1-2-4;;1-4(2)3/h1-4H2;1H4;(H-,1,2,3)/p+1. The Morgan fingerprint density at radius 1 is 1.22 bits per heavy atom. The van der Waals surface area contributed by atoms with E-state index < -0.39 is 8.25 Å². The lowest BCUT2D eigenvalue weighted by atomic mass is 10.7. The quantitative estimate of drug-likeness (QED) is 0.371. The highest BCUT2D eigenvalue weighted by molar-refractivity contribution is 7.30. The molecule has 0 aliphatic rings. The number of nitrogens with two attached hydrogens (primary N) is 2. The monoisotopic (exact) mass is 157 g/mol. The van der Waals surface area contributed by atoms with Gasteiger partial charge >= 0.3 is 8.25 Å². The molecule has 5 nitrogen and oxygen atoms in total. The zero-order chi connectivity index (χ0) is 6.99. The highest BCUT2D eigenvalue weighted by atomic mass is 31.1. The van der Waals surface area contributed by atoms with E-state index in [-0.39, 0.29) is 7.43 Å². The maximum atomic E-state index is 8.70. The van der Waals surface area contributed by atoms with Gasteiger partial charge in [-0.15, -0.1) is 9.79 Å². The van der Waals surface area contributed by atoms with E-state index in [2.05, 4.69) is 0 Å². The van der Waals surface area contributed by atoms with E-state index in [9.17, 15) is 0 Å². The van der Waals surface area contributed by atoms with Crippen LogP contribution in [0.1, 0.15) is 7.43 Å². The van der Waals surface area contributed by atoms with E-state index in [0.717, 1.165) is 0 Å². The first-order chi connectivity index (χ1) is 3.65. The third-order valence-electron chi connectivity index (χ3n) is 0.167. The zero-order valence-electron chi connectivity index (χ0n) is 4.32. The summed E-state index contributed by atoms with van der Waals surface area (Å²) >= 11 is 0. The van der Waals surface area contributed by atoms with E-state index in [1.165, 1.54) is 0 Å². The average molecular weight is 157 g/mol. The van der Waals surface area contributed by atoms with Crippen LogP contribution in [-0.4, -0.2) is 22.9 Å². The summed E-state index contributed by atoms with van der Waals surface area (Å²) in [6, 6.07) is 0. The molecule has 0 saturated carbocycles. The molecule has 58 valence electrons. The number of hydrogen-bond donors (Lipinski definition) is 4. The Kier molecular flexibility index (Phi) is 27.8. The van der Waals surface area contributed by atoms with Gasteiger partial charge in [0, 0.05) is 17.7 Å². The SMILES string of the molecule is C.NCCN.O=[P+](O)O. The van der Waals surface area contributed by atoms with Crippen molar-refractivity contribution in [2.24, 2.45) is 11.5 Å². The second-order valence-corrected chi connectivity index (χ2v) is 1.34. The lowest BCUT2D eigenvalue weighted by Crippen LogP contribution is -2.11. The lowest BCUT2D eigenvalue weighted by molar-refractivity contribution is 0.405. The Balaban J connectivity index is -0.0000000720. The van der Waals surface area contributed by atoms with Crippen LogP contribution in [0.25, 0.3) is 0 Å². The molecule has 6 N–H and O–H groups in total. The highest BCUT2D eigenvalue weighted by Crippen LogP contribution is 1.98. The molecule has 0 aromatic rings. The van der Waals surface area contributed by atoms with Crippen molar-refractivity contribution in [3.05, 3.63) is 0 Å². The fraction of sp³-hybridized carbons (Fsp3) is 1.00. The summed E-state index contributed by atoms with van der Waals surface area (Å²) in [7, 11) is -2.87. The van der Waals surface area contributed by atoms with E-state index in [0.29, 0.717) is 13.1 Å². The molecule has 0 spiro atoms. The summed E-state index contributed by atoms with van der Waals surface area (Å²) < 4.78 is 8.70. The molecule has 0 radical (unpaired) electrons. The predicted octanol–water partition coefficient (Wildman–Crippen LogP) is -0.832. The summed E-state index contributed by atoms with van der Waals surface area (Å²) in [6.45, 7) is 1.19. The molecule has 0 aliphatic carbocycles. The van der Waals surface area contributed by atoms with Gasteiger partial charge in [-0.1, -0.05) is 7.43 Å². The van der Waals surface area contributed by atoms with Crippen LogP contribution in [0.4, 0.5) is 0 Å². The van der Waals surface area contributed by atoms with Crippen LogP contribution in [-0.2, 0) is 4.57 Å². The highest BCUT2D eigenvalue weighted by Gasteiger charge is 1.93. The van der Waals surface area contributed by atoms with Crippen molar-refractivity contribution in [1.29, 1.82) is 0 Å². The molecule has 0 bridgehead atoms. The number of rotatable bonds is 1. The van der Waals surface area contributed by atoms with Gasteiger partial charge in [0.05, 0.1) is 0 Å². The van der Waals surface area contributed by atoms with Crippen LogP contribution in [0.2, 0.25) is 0 Å². The van der Waals surface area contributed by atoms with Crippen LogP contribution < -0.4 is 11.5 Å². The van der Waals surface area contributed by atoms with Gasteiger partial charge in [0.15, 0.2) is 0 Å². The molecular formula is C3H14N2O3P+. The van der Waals surface area contributed by atoms with Crippen LogP contribution >= 0.6 is 8.25 Å². The van der Waals surface area contributed by atoms with Gasteiger partial charge in [-0.05, 0) is 0 Å². The van der Waals surface area contributed by atoms with Crippen LogP contribution in [0.15, 0.2) is 0 Å². The van der Waals surface area contributed by atoms with Crippen molar-refractivity contribution in [2.45, 2.75) is 7.43 Å². The second kappa shape index (κ2) is 15.7. The summed E-state index contributed by atoms with van der Waals surface area (Å²) in [5.41, 5.74) is 9.81. The summed E-state index contributed by atoms with van der Waals surface area (Å²) in [4.78, 5) is 14.2. The maximum absolute atomic E-state index is 8.70. The van der Waals surface area contributed by atoms with E-state index in [1.807, 2.05) is 0 Å². The van der Waals surface area contributed by atoms with Crippen LogP contribution in [0.5, 0.6) is 0 Å². The summed E-state index contributed by atoms with van der Waals surface area (Å²) in [5.74, 6) is 0. The predicted molar refractivity (Wildman–Crippen MR) is 36.9 cm³/mol. The Morgan fingerprint density at radius 3 is 1.33 bits per heavy atom. The molecule has 0 atom stereocenters. The molecule has 0 amide bonds. The molecule has 9 heavy (non-hydrogen) atoms. The third-order valence-corrected chi connectivity index (χ3v) is 0.167. The first-order valence-electron chi connectivity index (χ1n) is 1.90. The first-order valence-corrected chi connectivity index (χ1v) is 3.06. The van der Waals surface area contributed by atoms with Gasteiger partial charge in [-0.3, -0.25) is 0 Å². The van der Waals surface area contributed by atoms with E-state index >= 15 is 0 Å². The molecule has 0 saturated heterocycles. The zero-order valence-corrected chi connectivity index (χ0v) is 5.21. The van der Waals surface area contributed by atoms with Crippen molar-refractivity contribution in [3.8, 4) is 0 Å². The maximum Gasteiger partial charge on any atom is 0.692 e. The van der Waals surface area contributed by atoms with Gasteiger partial charge < -0.3 is 11.5 Å². The minimum absolute atomic E-state index is 0. The fourth-order valence-electron chi connectivity index (χ4n) is 0. The van der Waals surface area contributed by atoms with Crippen molar-refractivity contribution in [1.82, 2.24) is 0 Å². The van der Waals surface area contributed by atoms with Crippen molar-refractivity contribution < 1.29 is 14.4 Å². The Hall–Kier alpha value is -0.0600. The molecule has 6 heteroatoms. The molecule has 0 fully saturated rings. The van der Waals surface area contributed by atoms with Gasteiger partial charge in [0.25, 0.3) is 0 Å². The van der Waals surface area contributed by atoms with Gasteiger partial charge in [0.2, 0.25) is 0 Å². The van der Waals surface area contributed by atoms with E-state index in [4.69, 9.17) is 25.8 Å². The van der Waals surface area contributed by atoms with Gasteiger partial charge in [0.1, 0.15) is 0 Å². The minimum atomic E-state index is -2.87. The molecule has 0 aromatic heterocycles. The molecule has 0 heterocycles. The summed E-state index contributed by atoms with van der Waals surface area (Å²) in [5, 5.41) is 0. The van der Waals surface area contributed by atoms with Gasteiger partial charge in [-0.2, -0.15) is 0 Å². The van der Waals surface area contributed by atoms with Crippen molar-refractivity contribution >= 4 is 8.25 Å².